The van der Waals surface area contributed by atoms with Crippen molar-refractivity contribution in [2.75, 3.05) is 5.32 Å². The molecule has 2 aromatic rings. The molecule has 1 aromatic heterocycles. The molecule has 0 aliphatic heterocycles. The van der Waals surface area contributed by atoms with Gasteiger partial charge < -0.3 is 5.32 Å². The topological polar surface area (TPSA) is 61.6 Å². The molecule has 0 fully saturated rings. The first kappa shape index (κ1) is 11.4. The highest BCUT2D eigenvalue weighted by Gasteiger charge is 2.01. The van der Waals surface area contributed by atoms with Crippen LogP contribution in [0.4, 0.5) is 11.5 Å². The van der Waals surface area contributed by atoms with Gasteiger partial charge in [0.2, 0.25) is 5.28 Å². The van der Waals surface area contributed by atoms with Gasteiger partial charge >= 0.3 is 0 Å². The molecule has 0 unspecified atom stereocenters. The van der Waals surface area contributed by atoms with E-state index in [9.17, 15) is 0 Å². The van der Waals surface area contributed by atoms with E-state index in [0.29, 0.717) is 11.4 Å². The van der Waals surface area contributed by atoms with Gasteiger partial charge in [0.05, 0.1) is 11.6 Å². The van der Waals surface area contributed by atoms with Crippen molar-refractivity contribution in [1.82, 2.24) is 9.97 Å². The Morgan fingerprint density at radius 1 is 1.35 bits per heavy atom. The molecule has 0 atom stereocenters. The van der Waals surface area contributed by atoms with Gasteiger partial charge in [-0.15, -0.1) is 0 Å². The lowest BCUT2D eigenvalue weighted by Gasteiger charge is -2.06. The molecule has 1 aromatic carbocycles. The number of aryl methyl sites for hydroxylation is 1. The predicted octanol–water partition coefficient (Wildman–Crippen LogP) is 3.05. The molecule has 1 N–H and O–H groups in total. The summed E-state index contributed by atoms with van der Waals surface area (Å²) >= 11 is 5.68. The van der Waals surface area contributed by atoms with Crippen molar-refractivity contribution in [2.45, 2.75) is 6.92 Å². The fraction of sp³-hybridized carbons (Fsp3) is 0.0833. The van der Waals surface area contributed by atoms with Crippen molar-refractivity contribution >= 4 is 23.1 Å². The molecule has 0 aliphatic rings. The van der Waals surface area contributed by atoms with Crippen LogP contribution in [-0.2, 0) is 0 Å². The molecule has 0 saturated carbocycles. The lowest BCUT2D eigenvalue weighted by molar-refractivity contribution is 1.17. The Morgan fingerprint density at radius 2 is 2.18 bits per heavy atom. The molecule has 0 amide bonds. The Labute approximate surface area is 104 Å². The van der Waals surface area contributed by atoms with E-state index in [0.717, 1.165) is 11.3 Å². The minimum Gasteiger partial charge on any atom is -0.340 e. The maximum Gasteiger partial charge on any atom is 0.224 e. The van der Waals surface area contributed by atoms with Crippen molar-refractivity contribution in [2.24, 2.45) is 0 Å². The molecule has 0 aliphatic carbocycles. The SMILES string of the molecule is Cc1cc(Nc2ccnc(Cl)n2)ccc1C#N. The molecular weight excluding hydrogens is 236 g/mol. The maximum absolute atomic E-state index is 8.83. The second-order valence-electron chi connectivity index (χ2n) is 3.48. The van der Waals surface area contributed by atoms with Crippen LogP contribution < -0.4 is 5.32 Å². The van der Waals surface area contributed by atoms with Gasteiger partial charge in [-0.05, 0) is 48.4 Å². The minimum atomic E-state index is 0.195. The van der Waals surface area contributed by atoms with Crippen LogP contribution in [0.1, 0.15) is 11.1 Å². The zero-order valence-corrected chi connectivity index (χ0v) is 9.86. The van der Waals surface area contributed by atoms with Crippen LogP contribution in [0.15, 0.2) is 30.5 Å². The quantitative estimate of drug-likeness (QED) is 0.825. The van der Waals surface area contributed by atoms with E-state index < -0.39 is 0 Å². The van der Waals surface area contributed by atoms with Crippen LogP contribution in [0.3, 0.4) is 0 Å². The van der Waals surface area contributed by atoms with Gasteiger partial charge in [-0.1, -0.05) is 0 Å². The minimum absolute atomic E-state index is 0.195. The molecular formula is C12H9ClN4. The Morgan fingerprint density at radius 3 is 2.82 bits per heavy atom. The predicted molar refractivity (Wildman–Crippen MR) is 66.2 cm³/mol. The second-order valence-corrected chi connectivity index (χ2v) is 3.82. The number of nitriles is 1. The average molecular weight is 245 g/mol. The Kier molecular flexibility index (Phi) is 3.22. The highest BCUT2D eigenvalue weighted by atomic mass is 35.5. The fourth-order valence-electron chi connectivity index (χ4n) is 1.42. The van der Waals surface area contributed by atoms with Gasteiger partial charge in [0.15, 0.2) is 0 Å². The number of hydrogen-bond acceptors (Lipinski definition) is 4. The number of benzene rings is 1. The maximum atomic E-state index is 8.83. The average Bonchev–Trinajstić information content (AvgIpc) is 2.29. The van der Waals surface area contributed by atoms with Gasteiger partial charge in [-0.3, -0.25) is 0 Å². The summed E-state index contributed by atoms with van der Waals surface area (Å²) in [5.74, 6) is 0.620. The molecule has 84 valence electrons. The van der Waals surface area contributed by atoms with E-state index in [1.54, 1.807) is 18.3 Å². The first-order chi connectivity index (χ1) is 8.19. The second kappa shape index (κ2) is 4.81. The number of halogens is 1. The summed E-state index contributed by atoms with van der Waals surface area (Å²) in [5.41, 5.74) is 2.44. The third-order valence-electron chi connectivity index (χ3n) is 2.25. The van der Waals surface area contributed by atoms with Crippen LogP contribution in [0.5, 0.6) is 0 Å². The molecule has 2 rings (SSSR count). The summed E-state index contributed by atoms with van der Waals surface area (Å²) in [6.45, 7) is 1.89. The van der Waals surface area contributed by atoms with Crippen molar-refractivity contribution in [3.63, 3.8) is 0 Å². The number of anilines is 2. The van der Waals surface area contributed by atoms with Crippen LogP contribution in [0, 0.1) is 18.3 Å². The third kappa shape index (κ3) is 2.71. The lowest BCUT2D eigenvalue weighted by Crippen LogP contribution is -1.95. The molecule has 0 radical (unpaired) electrons. The summed E-state index contributed by atoms with van der Waals surface area (Å²) in [5, 5.41) is 12.1. The standard InChI is InChI=1S/C12H9ClN4/c1-8-6-10(3-2-9(8)7-14)16-11-4-5-15-12(13)17-11/h2-6H,1H3,(H,15,16,17). The molecule has 1 heterocycles. The lowest BCUT2D eigenvalue weighted by atomic mass is 10.1. The first-order valence-corrected chi connectivity index (χ1v) is 5.33. The van der Waals surface area contributed by atoms with Crippen LogP contribution in [0.25, 0.3) is 0 Å². The van der Waals surface area contributed by atoms with E-state index >= 15 is 0 Å². The van der Waals surface area contributed by atoms with E-state index in [4.69, 9.17) is 16.9 Å². The first-order valence-electron chi connectivity index (χ1n) is 4.95. The number of nitrogens with zero attached hydrogens (tertiary/aromatic N) is 3. The van der Waals surface area contributed by atoms with Crippen LogP contribution >= 0.6 is 11.6 Å². The van der Waals surface area contributed by atoms with Gasteiger partial charge in [-0.25, -0.2) is 9.97 Å². The Hall–Kier alpha value is -2.12. The molecule has 0 bridgehead atoms. The summed E-state index contributed by atoms with van der Waals surface area (Å²) in [4.78, 5) is 7.82. The van der Waals surface area contributed by atoms with Crippen LogP contribution in [0.2, 0.25) is 5.28 Å². The number of nitrogens with one attached hydrogen (secondary N) is 1. The van der Waals surface area contributed by atoms with Gasteiger partial charge in [0, 0.05) is 11.9 Å². The number of hydrogen-bond donors (Lipinski definition) is 1. The highest BCUT2D eigenvalue weighted by Crippen LogP contribution is 2.18. The summed E-state index contributed by atoms with van der Waals surface area (Å²) in [6, 6.07) is 9.31. The van der Waals surface area contributed by atoms with Crippen molar-refractivity contribution in [1.29, 1.82) is 5.26 Å². The van der Waals surface area contributed by atoms with Crippen molar-refractivity contribution in [3.8, 4) is 6.07 Å². The van der Waals surface area contributed by atoms with Gasteiger partial charge in [0.1, 0.15) is 5.82 Å². The molecule has 5 heteroatoms. The monoisotopic (exact) mass is 244 g/mol. The van der Waals surface area contributed by atoms with E-state index in [-0.39, 0.29) is 5.28 Å². The summed E-state index contributed by atoms with van der Waals surface area (Å²) < 4.78 is 0. The fourth-order valence-corrected chi connectivity index (χ4v) is 1.57. The number of rotatable bonds is 2. The van der Waals surface area contributed by atoms with E-state index in [1.165, 1.54) is 0 Å². The normalized spacial score (nSPS) is 9.71. The Bertz CT molecular complexity index is 589. The molecule has 4 nitrogen and oxygen atoms in total. The van der Waals surface area contributed by atoms with Gasteiger partial charge in [-0.2, -0.15) is 5.26 Å². The zero-order chi connectivity index (χ0) is 12.3. The molecule has 0 spiro atoms. The summed E-state index contributed by atoms with van der Waals surface area (Å²) in [6.07, 6.45) is 1.58. The van der Waals surface area contributed by atoms with Crippen molar-refractivity contribution < 1.29 is 0 Å². The smallest absolute Gasteiger partial charge is 0.224 e. The Balaban J connectivity index is 2.25. The highest BCUT2D eigenvalue weighted by molar-refractivity contribution is 6.28. The van der Waals surface area contributed by atoms with Crippen molar-refractivity contribution in [3.05, 3.63) is 46.9 Å². The van der Waals surface area contributed by atoms with Gasteiger partial charge in [0.25, 0.3) is 0 Å². The summed E-state index contributed by atoms with van der Waals surface area (Å²) in [7, 11) is 0. The number of aromatic nitrogens is 2. The molecule has 0 saturated heterocycles. The van der Waals surface area contributed by atoms with Crippen LogP contribution in [-0.4, -0.2) is 9.97 Å². The van der Waals surface area contributed by atoms with E-state index in [2.05, 4.69) is 21.4 Å². The largest absolute Gasteiger partial charge is 0.340 e. The third-order valence-corrected chi connectivity index (χ3v) is 2.43. The molecule has 17 heavy (non-hydrogen) atoms. The van der Waals surface area contributed by atoms with E-state index in [1.807, 2.05) is 19.1 Å². The zero-order valence-electron chi connectivity index (χ0n) is 9.11.